The number of hydrogen-bond donors (Lipinski definition) is 0. The molecule has 1 heterocycles. The van der Waals surface area contributed by atoms with E-state index in [1.807, 2.05) is 0 Å². The summed E-state index contributed by atoms with van der Waals surface area (Å²) in [5.41, 5.74) is 0. The highest BCUT2D eigenvalue weighted by atomic mass is 32.1. The Morgan fingerprint density at radius 2 is 2.33 bits per heavy atom. The molecule has 0 fully saturated rings. The zero-order valence-corrected chi connectivity index (χ0v) is 6.82. The third kappa shape index (κ3) is 2.15. The quantitative estimate of drug-likeness (QED) is 0.641. The SMILES string of the molecule is N#CC(C#N)C=Nc1nccs1. The van der Waals surface area contributed by atoms with Crippen molar-refractivity contribution in [2.24, 2.45) is 10.9 Å². The summed E-state index contributed by atoms with van der Waals surface area (Å²) in [6.07, 6.45) is 2.91. The molecule has 0 N–H and O–H groups in total. The highest BCUT2D eigenvalue weighted by molar-refractivity contribution is 7.13. The zero-order valence-electron chi connectivity index (χ0n) is 6.01. The largest absolute Gasteiger partial charge is 0.230 e. The van der Waals surface area contributed by atoms with E-state index in [1.165, 1.54) is 17.6 Å². The van der Waals surface area contributed by atoms with Gasteiger partial charge in [0.25, 0.3) is 0 Å². The van der Waals surface area contributed by atoms with Gasteiger partial charge in [-0.15, -0.1) is 11.3 Å². The van der Waals surface area contributed by atoms with Gasteiger partial charge in [-0.05, 0) is 0 Å². The number of thiazole rings is 1. The molecule has 0 aliphatic rings. The lowest BCUT2D eigenvalue weighted by atomic mass is 10.2. The molecule has 0 aromatic carbocycles. The van der Waals surface area contributed by atoms with Crippen molar-refractivity contribution in [3.05, 3.63) is 11.6 Å². The second kappa shape index (κ2) is 4.22. The number of aliphatic imine (C=N–C) groups is 1. The zero-order chi connectivity index (χ0) is 8.81. The average molecular weight is 176 g/mol. The number of hydrogen-bond acceptors (Lipinski definition) is 5. The first kappa shape index (κ1) is 8.38. The lowest BCUT2D eigenvalue weighted by Crippen LogP contribution is -1.92. The van der Waals surface area contributed by atoms with Gasteiger partial charge in [-0.1, -0.05) is 0 Å². The standard InChI is InChI=1S/C7H4N4S/c8-3-6(4-9)5-11-7-10-1-2-12-7/h1-2,5-6H. The highest BCUT2D eigenvalue weighted by Crippen LogP contribution is 2.13. The first-order valence-electron chi connectivity index (χ1n) is 3.09. The van der Waals surface area contributed by atoms with E-state index in [9.17, 15) is 0 Å². The van der Waals surface area contributed by atoms with Crippen LogP contribution in [0.1, 0.15) is 0 Å². The topological polar surface area (TPSA) is 72.8 Å². The van der Waals surface area contributed by atoms with Gasteiger partial charge in [-0.2, -0.15) is 10.5 Å². The van der Waals surface area contributed by atoms with E-state index in [2.05, 4.69) is 9.98 Å². The van der Waals surface area contributed by atoms with Gasteiger partial charge >= 0.3 is 0 Å². The van der Waals surface area contributed by atoms with E-state index in [1.54, 1.807) is 23.7 Å². The van der Waals surface area contributed by atoms with Gasteiger partial charge in [-0.25, -0.2) is 9.98 Å². The Hall–Kier alpha value is -1.72. The summed E-state index contributed by atoms with van der Waals surface area (Å²) in [4.78, 5) is 7.70. The molecule has 4 nitrogen and oxygen atoms in total. The highest BCUT2D eigenvalue weighted by Gasteiger charge is 1.99. The van der Waals surface area contributed by atoms with E-state index < -0.39 is 5.92 Å². The number of rotatable bonds is 2. The lowest BCUT2D eigenvalue weighted by molar-refractivity contribution is 1.17. The van der Waals surface area contributed by atoms with Crippen LogP contribution < -0.4 is 0 Å². The smallest absolute Gasteiger partial charge is 0.208 e. The summed E-state index contributed by atoms with van der Waals surface area (Å²) in [7, 11) is 0. The molecule has 5 heteroatoms. The Balaban J connectivity index is 2.64. The first-order valence-corrected chi connectivity index (χ1v) is 3.97. The molecule has 0 atom stereocenters. The van der Waals surface area contributed by atoms with Crippen molar-refractivity contribution in [1.29, 1.82) is 10.5 Å². The van der Waals surface area contributed by atoms with Crippen molar-refractivity contribution >= 4 is 22.7 Å². The number of nitrogens with zero attached hydrogens (tertiary/aromatic N) is 4. The molecule has 1 aromatic rings. The summed E-state index contributed by atoms with van der Waals surface area (Å²) in [6.45, 7) is 0. The fourth-order valence-electron chi connectivity index (χ4n) is 0.514. The minimum absolute atomic E-state index is 0.561. The van der Waals surface area contributed by atoms with Crippen molar-refractivity contribution in [1.82, 2.24) is 4.98 Å². The Morgan fingerprint density at radius 1 is 1.58 bits per heavy atom. The molecule has 1 aromatic heterocycles. The van der Waals surface area contributed by atoms with Gasteiger partial charge < -0.3 is 0 Å². The predicted molar refractivity (Wildman–Crippen MR) is 45.0 cm³/mol. The summed E-state index contributed by atoms with van der Waals surface area (Å²) < 4.78 is 0. The third-order valence-electron chi connectivity index (χ3n) is 1.03. The van der Waals surface area contributed by atoms with Crippen molar-refractivity contribution in [2.45, 2.75) is 0 Å². The fourth-order valence-corrected chi connectivity index (χ4v) is 1.00. The summed E-state index contributed by atoms with van der Waals surface area (Å²) in [5, 5.41) is 19.1. The second-order valence-corrected chi connectivity index (χ2v) is 2.70. The molecule has 1 rings (SSSR count). The van der Waals surface area contributed by atoms with Gasteiger partial charge in [0.1, 0.15) is 0 Å². The van der Waals surface area contributed by atoms with Crippen LogP contribution in [0.25, 0.3) is 0 Å². The molecule has 0 saturated heterocycles. The maximum atomic E-state index is 8.37. The van der Waals surface area contributed by atoms with Crippen LogP contribution in [0.15, 0.2) is 16.6 Å². The molecule has 0 unspecified atom stereocenters. The molecule has 0 radical (unpaired) electrons. The monoisotopic (exact) mass is 176 g/mol. The number of nitriles is 2. The fraction of sp³-hybridized carbons (Fsp3) is 0.143. The van der Waals surface area contributed by atoms with Crippen molar-refractivity contribution in [3.8, 4) is 12.1 Å². The van der Waals surface area contributed by atoms with E-state index in [-0.39, 0.29) is 0 Å². The Morgan fingerprint density at radius 3 is 2.83 bits per heavy atom. The molecular formula is C7H4N4S. The van der Waals surface area contributed by atoms with E-state index in [0.717, 1.165) is 0 Å². The maximum Gasteiger partial charge on any atom is 0.208 e. The summed E-state index contributed by atoms with van der Waals surface area (Å²) in [5.74, 6) is -0.783. The normalized spacial score (nSPS) is 9.92. The Labute approximate surface area is 73.4 Å². The van der Waals surface area contributed by atoms with Crippen molar-refractivity contribution in [3.63, 3.8) is 0 Å². The molecule has 0 aliphatic carbocycles. The second-order valence-electron chi connectivity index (χ2n) is 1.83. The van der Waals surface area contributed by atoms with Crippen LogP contribution in [-0.2, 0) is 0 Å². The van der Waals surface area contributed by atoms with E-state index >= 15 is 0 Å². The summed E-state index contributed by atoms with van der Waals surface area (Å²) in [6, 6.07) is 3.56. The molecule has 0 aliphatic heterocycles. The van der Waals surface area contributed by atoms with Crippen LogP contribution in [0.4, 0.5) is 5.13 Å². The molecular weight excluding hydrogens is 172 g/mol. The molecule has 0 saturated carbocycles. The van der Waals surface area contributed by atoms with Crippen LogP contribution in [0.3, 0.4) is 0 Å². The van der Waals surface area contributed by atoms with E-state index in [4.69, 9.17) is 10.5 Å². The number of aromatic nitrogens is 1. The van der Waals surface area contributed by atoms with Crippen LogP contribution >= 0.6 is 11.3 Å². The van der Waals surface area contributed by atoms with Gasteiger partial charge in [0, 0.05) is 17.8 Å². The minimum atomic E-state index is -0.783. The van der Waals surface area contributed by atoms with Gasteiger partial charge in [-0.3, -0.25) is 0 Å². The van der Waals surface area contributed by atoms with E-state index in [0.29, 0.717) is 5.13 Å². The first-order chi connectivity index (χ1) is 5.86. The Kier molecular flexibility index (Phi) is 2.95. The molecule has 0 bridgehead atoms. The average Bonchev–Trinajstić information content (AvgIpc) is 2.59. The molecule has 12 heavy (non-hydrogen) atoms. The Bertz CT molecular complexity index is 326. The lowest BCUT2D eigenvalue weighted by Gasteiger charge is -1.84. The molecule has 0 spiro atoms. The van der Waals surface area contributed by atoms with Crippen LogP contribution in [0, 0.1) is 28.6 Å². The molecule has 0 amide bonds. The van der Waals surface area contributed by atoms with Gasteiger partial charge in [0.2, 0.25) is 5.13 Å². The van der Waals surface area contributed by atoms with Crippen LogP contribution in [0.5, 0.6) is 0 Å². The summed E-state index contributed by atoms with van der Waals surface area (Å²) >= 11 is 1.36. The van der Waals surface area contributed by atoms with Gasteiger partial charge in [0.05, 0.1) is 12.1 Å². The van der Waals surface area contributed by atoms with Crippen LogP contribution in [-0.4, -0.2) is 11.2 Å². The van der Waals surface area contributed by atoms with Gasteiger partial charge in [0.15, 0.2) is 5.92 Å². The maximum absolute atomic E-state index is 8.37. The third-order valence-corrected chi connectivity index (χ3v) is 1.71. The van der Waals surface area contributed by atoms with Crippen molar-refractivity contribution < 1.29 is 0 Å². The van der Waals surface area contributed by atoms with Crippen LogP contribution in [0.2, 0.25) is 0 Å². The van der Waals surface area contributed by atoms with Crippen molar-refractivity contribution in [2.75, 3.05) is 0 Å². The minimum Gasteiger partial charge on any atom is -0.230 e. The predicted octanol–water partition coefficient (Wildman–Crippen LogP) is 1.51. The molecule has 58 valence electrons.